The number of carbonyl (C=O) groups excluding carboxylic acids is 1. The Bertz CT molecular complexity index is 169. The first-order valence-electron chi connectivity index (χ1n) is 2.74. The monoisotopic (exact) mass is 181 g/mol. The van der Waals surface area contributed by atoms with Gasteiger partial charge in [0, 0.05) is 0 Å². The van der Waals surface area contributed by atoms with Gasteiger partial charge in [0.25, 0.3) is 0 Å². The third-order valence-corrected chi connectivity index (χ3v) is 0.990. The number of rotatable bonds is 4. The highest BCUT2D eigenvalue weighted by Gasteiger charge is 2.19. The van der Waals surface area contributed by atoms with E-state index in [9.17, 15) is 14.7 Å². The van der Waals surface area contributed by atoms with Crippen LogP contribution in [0.4, 0.5) is 0 Å². The molecule has 0 saturated carbocycles. The van der Waals surface area contributed by atoms with E-state index in [1.165, 1.54) is 0 Å². The maximum absolute atomic E-state index is 9.85. The van der Waals surface area contributed by atoms with Crippen LogP contribution in [-0.4, -0.2) is 39.5 Å². The summed E-state index contributed by atoms with van der Waals surface area (Å²) in [4.78, 5) is 19.7. The molecule has 0 bridgehead atoms. The smallest absolute Gasteiger partial charge is 0.306 e. The van der Waals surface area contributed by atoms with Crippen molar-refractivity contribution in [2.45, 2.75) is 18.6 Å². The van der Waals surface area contributed by atoms with Gasteiger partial charge in [0.05, 0.1) is 18.5 Å². The predicted octanol–water partition coefficient (Wildman–Crippen LogP) is -2.69. The van der Waals surface area contributed by atoms with Gasteiger partial charge in [-0.2, -0.15) is 0 Å². The van der Waals surface area contributed by atoms with E-state index in [1.807, 2.05) is 0 Å². The largest absolute Gasteiger partial charge is 0.547 e. The highest BCUT2D eigenvalue weighted by atomic mass is 16.4. The molecular formula is C5H11NO6. The fourth-order valence-electron chi connectivity index (χ4n) is 0.448. The molecule has 2 atom stereocenters. The van der Waals surface area contributed by atoms with Gasteiger partial charge in [-0.15, -0.1) is 0 Å². The van der Waals surface area contributed by atoms with E-state index in [4.69, 9.17) is 15.3 Å². The molecule has 0 radical (unpaired) electrons. The molecule has 0 aliphatic carbocycles. The molecule has 0 saturated heterocycles. The quantitative estimate of drug-likeness (QED) is 0.370. The lowest BCUT2D eigenvalue weighted by atomic mass is 10.1. The number of carbonyl (C=O) groups is 2. The molecule has 72 valence electrons. The molecular weight excluding hydrogens is 170 g/mol. The average molecular weight is 181 g/mol. The predicted molar refractivity (Wildman–Crippen MR) is 35.3 cm³/mol. The summed E-state index contributed by atoms with van der Waals surface area (Å²) in [6.07, 6.45) is -4.79. The number of carboxylic acids is 2. The third-order valence-electron chi connectivity index (χ3n) is 0.990. The Morgan fingerprint density at radius 1 is 1.33 bits per heavy atom. The van der Waals surface area contributed by atoms with E-state index in [-0.39, 0.29) is 6.15 Å². The standard InChI is InChI=1S/C5H8O6.H3N/c6-2(1-3(7)8)4(9)5(10)11;/h2,4,6,9H,1H2,(H,7,8)(H,10,11);1H3. The van der Waals surface area contributed by atoms with Crippen molar-refractivity contribution in [2.24, 2.45) is 0 Å². The van der Waals surface area contributed by atoms with Crippen molar-refractivity contribution >= 4 is 11.9 Å². The van der Waals surface area contributed by atoms with E-state index >= 15 is 0 Å². The molecule has 0 aromatic carbocycles. The van der Waals surface area contributed by atoms with Gasteiger partial charge in [0.15, 0.2) is 0 Å². The lowest BCUT2D eigenvalue weighted by Gasteiger charge is -2.15. The van der Waals surface area contributed by atoms with Crippen LogP contribution in [-0.2, 0) is 9.59 Å². The van der Waals surface area contributed by atoms with E-state index < -0.39 is 30.6 Å². The molecule has 0 spiro atoms. The Morgan fingerprint density at radius 2 is 1.75 bits per heavy atom. The molecule has 0 aliphatic heterocycles. The summed E-state index contributed by atoms with van der Waals surface area (Å²) in [7, 11) is 0. The number of hydrogen-bond acceptors (Lipinski definition) is 5. The van der Waals surface area contributed by atoms with Crippen molar-refractivity contribution in [3.8, 4) is 0 Å². The van der Waals surface area contributed by atoms with Gasteiger partial charge >= 0.3 is 5.97 Å². The van der Waals surface area contributed by atoms with Crippen LogP contribution in [0, 0.1) is 0 Å². The second kappa shape index (κ2) is 5.47. The van der Waals surface area contributed by atoms with Gasteiger partial charge in [0.2, 0.25) is 0 Å². The molecule has 0 amide bonds. The Morgan fingerprint density at radius 3 is 2.00 bits per heavy atom. The normalized spacial score (nSPS) is 14.2. The van der Waals surface area contributed by atoms with Crippen LogP contribution in [0.25, 0.3) is 0 Å². The van der Waals surface area contributed by atoms with Crippen LogP contribution >= 0.6 is 0 Å². The van der Waals surface area contributed by atoms with Crippen LogP contribution in [0.5, 0.6) is 0 Å². The van der Waals surface area contributed by atoms with Crippen LogP contribution in [0.3, 0.4) is 0 Å². The van der Waals surface area contributed by atoms with E-state index in [2.05, 4.69) is 0 Å². The first-order valence-corrected chi connectivity index (χ1v) is 2.74. The lowest BCUT2D eigenvalue weighted by Crippen LogP contribution is -2.44. The lowest BCUT2D eigenvalue weighted by molar-refractivity contribution is -0.318. The highest BCUT2D eigenvalue weighted by molar-refractivity contribution is 5.73. The molecule has 0 aromatic rings. The highest BCUT2D eigenvalue weighted by Crippen LogP contribution is 1.97. The molecule has 7 N–H and O–H groups in total. The molecule has 0 fully saturated rings. The van der Waals surface area contributed by atoms with Crippen molar-refractivity contribution in [1.29, 1.82) is 0 Å². The van der Waals surface area contributed by atoms with Gasteiger partial charge in [-0.1, -0.05) is 0 Å². The SMILES string of the molecule is O=C(O)CC(O)C(O)C(=O)[O-].[NH4+]. The zero-order chi connectivity index (χ0) is 9.02. The molecule has 2 unspecified atom stereocenters. The van der Waals surface area contributed by atoms with Crippen molar-refractivity contribution in [1.82, 2.24) is 6.15 Å². The number of hydrogen-bond donors (Lipinski definition) is 4. The van der Waals surface area contributed by atoms with Crippen LogP contribution in [0.1, 0.15) is 6.42 Å². The molecule has 0 aromatic heterocycles. The van der Waals surface area contributed by atoms with Gasteiger partial charge < -0.3 is 31.4 Å². The molecule has 7 nitrogen and oxygen atoms in total. The summed E-state index contributed by atoms with van der Waals surface area (Å²) < 4.78 is 0. The van der Waals surface area contributed by atoms with Crippen LogP contribution in [0.15, 0.2) is 0 Å². The third kappa shape index (κ3) is 4.61. The maximum atomic E-state index is 9.85. The van der Waals surface area contributed by atoms with Crippen molar-refractivity contribution < 1.29 is 30.0 Å². The first-order chi connectivity index (χ1) is 4.95. The Kier molecular flexibility index (Phi) is 6.11. The fourth-order valence-corrected chi connectivity index (χ4v) is 0.448. The van der Waals surface area contributed by atoms with Crippen molar-refractivity contribution in [2.75, 3.05) is 0 Å². The summed E-state index contributed by atoms with van der Waals surface area (Å²) in [6.45, 7) is 0. The minimum atomic E-state index is -2.15. The summed E-state index contributed by atoms with van der Waals surface area (Å²) in [6, 6.07) is 0. The maximum Gasteiger partial charge on any atom is 0.306 e. The zero-order valence-electron chi connectivity index (χ0n) is 6.43. The van der Waals surface area contributed by atoms with E-state index in [0.29, 0.717) is 0 Å². The average Bonchev–Trinajstić information content (AvgIpc) is 1.84. The van der Waals surface area contributed by atoms with Gasteiger partial charge in [0.1, 0.15) is 6.10 Å². The molecule has 0 rings (SSSR count). The minimum Gasteiger partial charge on any atom is -0.547 e. The first kappa shape index (κ1) is 13.4. The summed E-state index contributed by atoms with van der Waals surface area (Å²) >= 11 is 0. The fraction of sp³-hybridized carbons (Fsp3) is 0.600. The Labute approximate surface area is 67.8 Å². The second-order valence-electron chi connectivity index (χ2n) is 1.93. The number of quaternary nitrogens is 1. The number of aliphatic hydroxyl groups excluding tert-OH is 2. The van der Waals surface area contributed by atoms with Crippen molar-refractivity contribution in [3.05, 3.63) is 0 Å². The molecule has 0 heterocycles. The van der Waals surface area contributed by atoms with Crippen LogP contribution < -0.4 is 11.3 Å². The Balaban J connectivity index is 0. The van der Waals surface area contributed by atoms with E-state index in [1.54, 1.807) is 0 Å². The van der Waals surface area contributed by atoms with Gasteiger partial charge in [-0.05, 0) is 0 Å². The summed E-state index contributed by atoms with van der Waals surface area (Å²) in [5.41, 5.74) is 0. The molecule has 0 aliphatic rings. The van der Waals surface area contributed by atoms with E-state index in [0.717, 1.165) is 0 Å². The summed E-state index contributed by atoms with van der Waals surface area (Å²) in [5.74, 6) is -3.28. The molecule has 7 heteroatoms. The number of aliphatic carboxylic acids is 2. The minimum absolute atomic E-state index is 0. The van der Waals surface area contributed by atoms with Crippen LogP contribution in [0.2, 0.25) is 0 Å². The van der Waals surface area contributed by atoms with Gasteiger partial charge in [-0.3, -0.25) is 4.79 Å². The summed E-state index contributed by atoms with van der Waals surface area (Å²) in [5, 5.41) is 34.9. The van der Waals surface area contributed by atoms with Crippen molar-refractivity contribution in [3.63, 3.8) is 0 Å². The second-order valence-corrected chi connectivity index (χ2v) is 1.93. The number of carboxylic acid groups (broad SMARTS) is 2. The number of aliphatic hydroxyl groups is 2. The Hall–Kier alpha value is -1.18. The zero-order valence-corrected chi connectivity index (χ0v) is 6.43. The molecule has 12 heavy (non-hydrogen) atoms. The van der Waals surface area contributed by atoms with Gasteiger partial charge in [-0.25, -0.2) is 0 Å². The topological polar surface area (TPSA) is 154 Å².